The number of carbonyl (C=O) groups excluding carboxylic acids is 1. The van der Waals surface area contributed by atoms with Crippen LogP contribution in [0.2, 0.25) is 0 Å². The molecule has 0 aliphatic carbocycles. The lowest BCUT2D eigenvalue weighted by molar-refractivity contribution is -0.113. The standard InChI is InChI=1S/C20H21N3O4S/c1-13-4-7-15(8-5-13)21-18(24)12-28-20-23-22-19(27-20)11-14-6-9-16(25-2)17(10-14)26-3/h4-10H,11-12H2,1-3H3,(H,21,24). The Morgan fingerprint density at radius 1 is 1.07 bits per heavy atom. The fourth-order valence-electron chi connectivity index (χ4n) is 2.49. The van der Waals surface area contributed by atoms with Crippen molar-refractivity contribution in [3.63, 3.8) is 0 Å². The Morgan fingerprint density at radius 3 is 2.54 bits per heavy atom. The number of hydrogen-bond acceptors (Lipinski definition) is 7. The summed E-state index contributed by atoms with van der Waals surface area (Å²) in [6, 6.07) is 13.2. The SMILES string of the molecule is COc1ccc(Cc2nnc(SCC(=O)Nc3ccc(C)cc3)o2)cc1OC. The van der Waals surface area contributed by atoms with Crippen LogP contribution in [0.1, 0.15) is 17.0 Å². The first kappa shape index (κ1) is 19.8. The van der Waals surface area contributed by atoms with Gasteiger partial charge in [0.2, 0.25) is 11.8 Å². The van der Waals surface area contributed by atoms with Gasteiger partial charge in [0.1, 0.15) is 0 Å². The van der Waals surface area contributed by atoms with E-state index in [1.165, 1.54) is 11.8 Å². The van der Waals surface area contributed by atoms with Gasteiger partial charge in [-0.25, -0.2) is 0 Å². The van der Waals surface area contributed by atoms with E-state index in [4.69, 9.17) is 13.9 Å². The van der Waals surface area contributed by atoms with Crippen LogP contribution in [0.25, 0.3) is 0 Å². The Hall–Kier alpha value is -3.00. The van der Waals surface area contributed by atoms with Crippen molar-refractivity contribution in [3.8, 4) is 11.5 Å². The molecule has 1 amide bonds. The summed E-state index contributed by atoms with van der Waals surface area (Å²) in [5.41, 5.74) is 2.85. The topological polar surface area (TPSA) is 86.5 Å². The Labute approximate surface area is 167 Å². The Balaban J connectivity index is 1.54. The molecule has 7 nitrogen and oxygen atoms in total. The van der Waals surface area contributed by atoms with Crippen LogP contribution in [-0.4, -0.2) is 36.1 Å². The quantitative estimate of drug-likeness (QED) is 0.578. The molecule has 0 spiro atoms. The van der Waals surface area contributed by atoms with Crippen LogP contribution >= 0.6 is 11.8 Å². The smallest absolute Gasteiger partial charge is 0.277 e. The summed E-state index contributed by atoms with van der Waals surface area (Å²) in [6.45, 7) is 2.00. The van der Waals surface area contributed by atoms with Crippen LogP contribution in [0, 0.1) is 6.92 Å². The zero-order chi connectivity index (χ0) is 19.9. The number of methoxy groups -OCH3 is 2. The molecule has 1 aromatic heterocycles. The maximum atomic E-state index is 12.1. The highest BCUT2D eigenvalue weighted by Crippen LogP contribution is 2.28. The fourth-order valence-corrected chi connectivity index (χ4v) is 3.07. The van der Waals surface area contributed by atoms with Gasteiger partial charge in [-0.3, -0.25) is 4.79 Å². The summed E-state index contributed by atoms with van der Waals surface area (Å²) in [5, 5.41) is 11.2. The number of aryl methyl sites for hydroxylation is 1. The van der Waals surface area contributed by atoms with E-state index >= 15 is 0 Å². The van der Waals surface area contributed by atoms with Crippen molar-refractivity contribution in [2.24, 2.45) is 0 Å². The van der Waals surface area contributed by atoms with Crippen molar-refractivity contribution in [1.82, 2.24) is 10.2 Å². The number of carbonyl (C=O) groups is 1. The number of anilines is 1. The molecule has 3 rings (SSSR count). The zero-order valence-electron chi connectivity index (χ0n) is 15.9. The highest BCUT2D eigenvalue weighted by Gasteiger charge is 2.12. The lowest BCUT2D eigenvalue weighted by Crippen LogP contribution is -2.13. The molecule has 0 atom stereocenters. The van der Waals surface area contributed by atoms with Crippen molar-refractivity contribution in [2.45, 2.75) is 18.6 Å². The molecule has 28 heavy (non-hydrogen) atoms. The summed E-state index contributed by atoms with van der Waals surface area (Å²) in [7, 11) is 3.18. The van der Waals surface area contributed by atoms with Crippen molar-refractivity contribution in [3.05, 3.63) is 59.5 Å². The van der Waals surface area contributed by atoms with Gasteiger partial charge in [-0.05, 0) is 36.8 Å². The number of rotatable bonds is 8. The average Bonchev–Trinajstić information content (AvgIpc) is 3.15. The minimum atomic E-state index is -0.131. The van der Waals surface area contributed by atoms with Gasteiger partial charge in [0.05, 0.1) is 26.4 Å². The van der Waals surface area contributed by atoms with Gasteiger partial charge >= 0.3 is 0 Å². The lowest BCUT2D eigenvalue weighted by atomic mass is 10.1. The van der Waals surface area contributed by atoms with E-state index < -0.39 is 0 Å². The van der Waals surface area contributed by atoms with Crippen LogP contribution < -0.4 is 14.8 Å². The molecule has 0 unspecified atom stereocenters. The van der Waals surface area contributed by atoms with Crippen molar-refractivity contribution in [1.29, 1.82) is 0 Å². The second kappa shape index (κ2) is 9.27. The van der Waals surface area contributed by atoms with Crippen LogP contribution in [0.3, 0.4) is 0 Å². The second-order valence-corrected chi connectivity index (χ2v) is 6.96. The van der Waals surface area contributed by atoms with Crippen LogP contribution in [0.4, 0.5) is 5.69 Å². The van der Waals surface area contributed by atoms with Crippen LogP contribution in [0.15, 0.2) is 52.1 Å². The molecule has 146 valence electrons. The van der Waals surface area contributed by atoms with Gasteiger partial charge in [0.15, 0.2) is 11.5 Å². The van der Waals surface area contributed by atoms with Gasteiger partial charge < -0.3 is 19.2 Å². The van der Waals surface area contributed by atoms with Crippen molar-refractivity contribution in [2.75, 3.05) is 25.3 Å². The summed E-state index contributed by atoms with van der Waals surface area (Å²) in [5.74, 6) is 1.82. The van der Waals surface area contributed by atoms with E-state index in [0.717, 1.165) is 16.8 Å². The monoisotopic (exact) mass is 399 g/mol. The summed E-state index contributed by atoms with van der Waals surface area (Å²) < 4.78 is 16.2. The van der Waals surface area contributed by atoms with Crippen LogP contribution in [-0.2, 0) is 11.2 Å². The molecule has 0 saturated heterocycles. The number of nitrogens with one attached hydrogen (secondary N) is 1. The van der Waals surface area contributed by atoms with Gasteiger partial charge in [-0.1, -0.05) is 35.5 Å². The van der Waals surface area contributed by atoms with E-state index in [1.54, 1.807) is 14.2 Å². The fraction of sp³-hybridized carbons (Fsp3) is 0.250. The molecule has 0 aliphatic rings. The Morgan fingerprint density at radius 2 is 1.82 bits per heavy atom. The highest BCUT2D eigenvalue weighted by molar-refractivity contribution is 7.99. The Bertz CT molecular complexity index is 941. The van der Waals surface area contributed by atoms with E-state index in [0.29, 0.717) is 29.0 Å². The second-order valence-electron chi connectivity index (χ2n) is 6.03. The first-order chi connectivity index (χ1) is 13.6. The maximum Gasteiger partial charge on any atom is 0.277 e. The number of amides is 1. The van der Waals surface area contributed by atoms with Gasteiger partial charge in [0, 0.05) is 5.69 Å². The third-order valence-corrected chi connectivity index (χ3v) is 4.73. The van der Waals surface area contributed by atoms with Gasteiger partial charge in [0.25, 0.3) is 5.22 Å². The van der Waals surface area contributed by atoms with Crippen molar-refractivity contribution < 1.29 is 18.7 Å². The molecule has 1 heterocycles. The Kier molecular flexibility index (Phi) is 6.54. The predicted octanol–water partition coefficient (Wildman–Crippen LogP) is 3.72. The summed E-state index contributed by atoms with van der Waals surface area (Å²) in [4.78, 5) is 12.1. The zero-order valence-corrected chi connectivity index (χ0v) is 16.7. The maximum absolute atomic E-state index is 12.1. The number of hydrogen-bond donors (Lipinski definition) is 1. The van der Waals surface area contributed by atoms with E-state index in [9.17, 15) is 4.79 Å². The third-order valence-electron chi connectivity index (χ3n) is 3.91. The molecule has 0 aliphatic heterocycles. The van der Waals surface area contributed by atoms with Crippen molar-refractivity contribution >= 4 is 23.4 Å². The number of thioether (sulfide) groups is 1. The first-order valence-electron chi connectivity index (χ1n) is 8.60. The minimum Gasteiger partial charge on any atom is -0.493 e. The summed E-state index contributed by atoms with van der Waals surface area (Å²) in [6.07, 6.45) is 0.462. The molecule has 0 radical (unpaired) electrons. The van der Waals surface area contributed by atoms with E-state index in [2.05, 4.69) is 15.5 Å². The normalized spacial score (nSPS) is 10.5. The van der Waals surface area contributed by atoms with Gasteiger partial charge in [-0.2, -0.15) is 0 Å². The van der Waals surface area contributed by atoms with Gasteiger partial charge in [-0.15, -0.1) is 10.2 Å². The molecule has 3 aromatic rings. The molecular weight excluding hydrogens is 378 g/mol. The molecule has 0 saturated carbocycles. The molecular formula is C20H21N3O4S. The molecule has 8 heteroatoms. The molecule has 0 fully saturated rings. The largest absolute Gasteiger partial charge is 0.493 e. The molecule has 0 bridgehead atoms. The minimum absolute atomic E-state index is 0.131. The van der Waals surface area contributed by atoms with E-state index in [1.807, 2.05) is 49.4 Å². The average molecular weight is 399 g/mol. The number of ether oxygens (including phenoxy) is 2. The number of aromatic nitrogens is 2. The van der Waals surface area contributed by atoms with Crippen LogP contribution in [0.5, 0.6) is 11.5 Å². The molecule has 2 aromatic carbocycles. The first-order valence-corrected chi connectivity index (χ1v) is 9.58. The number of benzene rings is 2. The lowest BCUT2D eigenvalue weighted by Gasteiger charge is -2.08. The highest BCUT2D eigenvalue weighted by atomic mass is 32.2. The summed E-state index contributed by atoms with van der Waals surface area (Å²) >= 11 is 1.20. The van der Waals surface area contributed by atoms with E-state index in [-0.39, 0.29) is 11.7 Å². The predicted molar refractivity (Wildman–Crippen MR) is 107 cm³/mol. The number of nitrogens with zero attached hydrogens (tertiary/aromatic N) is 2. The molecule has 1 N–H and O–H groups in total. The third kappa shape index (κ3) is 5.26.